The van der Waals surface area contributed by atoms with Crippen LogP contribution in [0.15, 0.2) is 23.7 Å². The van der Waals surface area contributed by atoms with E-state index in [9.17, 15) is 4.79 Å². The topological polar surface area (TPSA) is 63.2 Å². The Morgan fingerprint density at radius 3 is 2.91 bits per heavy atom. The molecular weight excluding hydrogens is 298 g/mol. The molecule has 6 heteroatoms. The Kier molecular flexibility index (Phi) is 5.37. The van der Waals surface area contributed by atoms with Crippen molar-refractivity contribution in [3.05, 3.63) is 29.3 Å². The van der Waals surface area contributed by atoms with Gasteiger partial charge in [-0.05, 0) is 50.8 Å². The minimum atomic E-state index is -0.466. The molecule has 0 aliphatic carbocycles. The second-order valence-electron chi connectivity index (χ2n) is 6.18. The molecule has 0 spiro atoms. The zero-order valence-electron chi connectivity index (χ0n) is 13.5. The Labute approximate surface area is 135 Å². The first-order chi connectivity index (χ1) is 10.3. The van der Waals surface area contributed by atoms with E-state index in [1.165, 1.54) is 4.70 Å². The number of amides is 1. The van der Waals surface area contributed by atoms with Gasteiger partial charge in [0.25, 0.3) is 0 Å². The van der Waals surface area contributed by atoms with Gasteiger partial charge in [0.05, 0.1) is 10.2 Å². The van der Waals surface area contributed by atoms with Crippen LogP contribution in [0.2, 0.25) is 0 Å². The van der Waals surface area contributed by atoms with E-state index in [1.807, 2.05) is 38.4 Å². The second kappa shape index (κ2) is 7.07. The molecule has 1 unspecified atom stereocenters. The summed E-state index contributed by atoms with van der Waals surface area (Å²) in [6.07, 6.45) is 1.51. The minimum Gasteiger partial charge on any atom is -0.444 e. The summed E-state index contributed by atoms with van der Waals surface area (Å²) >= 11 is 1.69. The van der Waals surface area contributed by atoms with Gasteiger partial charge in [0.2, 0.25) is 0 Å². The molecule has 2 N–H and O–H groups in total. The first kappa shape index (κ1) is 16.7. The normalized spacial score (nSPS) is 13.1. The number of hydrogen-bond donors (Lipinski definition) is 2. The number of alkyl carbamates (subject to hydrolysis) is 1. The molecule has 0 saturated heterocycles. The predicted molar refractivity (Wildman–Crippen MR) is 90.3 cm³/mol. The monoisotopic (exact) mass is 321 g/mol. The van der Waals surface area contributed by atoms with Crippen LogP contribution in [0.4, 0.5) is 4.79 Å². The summed E-state index contributed by atoms with van der Waals surface area (Å²) in [6.45, 7) is 8.82. The molecule has 2 aromatic heterocycles. The van der Waals surface area contributed by atoms with Gasteiger partial charge in [0.1, 0.15) is 5.60 Å². The number of nitrogens with one attached hydrogen (secondary N) is 2. The van der Waals surface area contributed by atoms with Crippen LogP contribution in [0.5, 0.6) is 0 Å². The van der Waals surface area contributed by atoms with Crippen LogP contribution in [0.3, 0.4) is 0 Å². The number of carbonyl (C=O) groups is 1. The molecule has 120 valence electrons. The molecule has 0 aliphatic rings. The molecule has 1 amide bonds. The summed E-state index contributed by atoms with van der Waals surface area (Å²) < 4.78 is 6.37. The van der Waals surface area contributed by atoms with E-state index in [0.717, 1.165) is 11.1 Å². The van der Waals surface area contributed by atoms with Gasteiger partial charge < -0.3 is 15.4 Å². The molecule has 2 rings (SSSR count). The lowest BCUT2D eigenvalue weighted by Crippen LogP contribution is -2.36. The molecule has 5 nitrogen and oxygen atoms in total. The smallest absolute Gasteiger partial charge is 0.407 e. The molecule has 0 aliphatic heterocycles. The number of pyridine rings is 1. The van der Waals surface area contributed by atoms with Crippen LogP contribution < -0.4 is 10.6 Å². The average Bonchev–Trinajstić information content (AvgIpc) is 2.88. The van der Waals surface area contributed by atoms with E-state index in [-0.39, 0.29) is 12.1 Å². The van der Waals surface area contributed by atoms with E-state index in [4.69, 9.17) is 4.74 Å². The van der Waals surface area contributed by atoms with E-state index >= 15 is 0 Å². The van der Waals surface area contributed by atoms with Crippen molar-refractivity contribution in [2.45, 2.75) is 39.3 Å². The Balaban J connectivity index is 1.75. The third-order valence-electron chi connectivity index (χ3n) is 3.07. The lowest BCUT2D eigenvalue weighted by molar-refractivity contribution is 0.0528. The molecule has 0 radical (unpaired) electrons. The maximum atomic E-state index is 11.5. The molecule has 0 aromatic carbocycles. The number of fused-ring (bicyclic) bond motifs is 1. The van der Waals surface area contributed by atoms with Gasteiger partial charge in [-0.3, -0.25) is 4.98 Å². The van der Waals surface area contributed by atoms with Gasteiger partial charge in [-0.15, -0.1) is 11.3 Å². The molecule has 2 heterocycles. The average molecular weight is 321 g/mol. The van der Waals surface area contributed by atoms with Gasteiger partial charge in [-0.2, -0.15) is 0 Å². The lowest BCUT2D eigenvalue weighted by Gasteiger charge is -2.20. The number of hydrogen-bond acceptors (Lipinski definition) is 5. The quantitative estimate of drug-likeness (QED) is 0.828. The van der Waals surface area contributed by atoms with Crippen molar-refractivity contribution in [2.24, 2.45) is 0 Å². The van der Waals surface area contributed by atoms with Crippen LogP contribution in [-0.2, 0) is 4.74 Å². The van der Waals surface area contributed by atoms with Crippen LogP contribution in [-0.4, -0.2) is 29.8 Å². The molecule has 0 fully saturated rings. The number of ether oxygens (including phenoxy) is 1. The third-order valence-corrected chi connectivity index (χ3v) is 3.92. The Morgan fingerprint density at radius 1 is 1.41 bits per heavy atom. The van der Waals surface area contributed by atoms with Gasteiger partial charge in [0, 0.05) is 25.3 Å². The maximum absolute atomic E-state index is 11.5. The predicted octanol–water partition coefficient (Wildman–Crippen LogP) is 3.47. The fourth-order valence-corrected chi connectivity index (χ4v) is 2.77. The van der Waals surface area contributed by atoms with Crippen LogP contribution >= 0.6 is 11.3 Å². The highest BCUT2D eigenvalue weighted by molar-refractivity contribution is 7.17. The Bertz CT molecular complexity index is 634. The first-order valence-electron chi connectivity index (χ1n) is 7.38. The number of thiophene rings is 1. The SMILES string of the molecule is CC(NCCNC(=O)OC(C)(C)C)c1cnc2ccsc2c1. The summed E-state index contributed by atoms with van der Waals surface area (Å²) in [7, 11) is 0. The van der Waals surface area contributed by atoms with Crippen molar-refractivity contribution in [1.29, 1.82) is 0 Å². The molecule has 0 saturated carbocycles. The molecule has 1 atom stereocenters. The van der Waals surface area contributed by atoms with Crippen LogP contribution in [0.1, 0.15) is 39.3 Å². The standard InChI is InChI=1S/C16H23N3O2S/c1-11(12-9-14-13(19-10-12)5-8-22-14)17-6-7-18-15(20)21-16(2,3)4/h5,8-11,17H,6-7H2,1-4H3,(H,18,20). The zero-order chi connectivity index (χ0) is 16.2. The Hall–Kier alpha value is -1.66. The van der Waals surface area contributed by atoms with Gasteiger partial charge >= 0.3 is 6.09 Å². The van der Waals surface area contributed by atoms with E-state index in [1.54, 1.807) is 11.3 Å². The summed E-state index contributed by atoms with van der Waals surface area (Å²) in [6, 6.07) is 4.36. The van der Waals surface area contributed by atoms with Crippen LogP contribution in [0.25, 0.3) is 10.2 Å². The lowest BCUT2D eigenvalue weighted by atomic mass is 10.1. The third kappa shape index (κ3) is 4.96. The van der Waals surface area contributed by atoms with E-state index in [2.05, 4.69) is 28.6 Å². The second-order valence-corrected chi connectivity index (χ2v) is 7.12. The Morgan fingerprint density at radius 2 is 2.18 bits per heavy atom. The zero-order valence-corrected chi connectivity index (χ0v) is 14.3. The molecule has 22 heavy (non-hydrogen) atoms. The van der Waals surface area contributed by atoms with Gasteiger partial charge in [0.15, 0.2) is 0 Å². The van der Waals surface area contributed by atoms with Crippen molar-refractivity contribution in [3.8, 4) is 0 Å². The van der Waals surface area contributed by atoms with Crippen molar-refractivity contribution in [1.82, 2.24) is 15.6 Å². The van der Waals surface area contributed by atoms with Gasteiger partial charge in [-0.1, -0.05) is 0 Å². The minimum absolute atomic E-state index is 0.180. The number of rotatable bonds is 5. The summed E-state index contributed by atoms with van der Waals surface area (Å²) in [5, 5.41) is 8.15. The van der Waals surface area contributed by atoms with Crippen molar-refractivity contribution in [2.75, 3.05) is 13.1 Å². The molecule has 0 bridgehead atoms. The summed E-state index contributed by atoms with van der Waals surface area (Å²) in [5.41, 5.74) is 1.71. The van der Waals surface area contributed by atoms with Gasteiger partial charge in [-0.25, -0.2) is 4.79 Å². The van der Waals surface area contributed by atoms with Crippen molar-refractivity contribution in [3.63, 3.8) is 0 Å². The van der Waals surface area contributed by atoms with Crippen LogP contribution in [0, 0.1) is 0 Å². The van der Waals surface area contributed by atoms with Crippen molar-refractivity contribution >= 4 is 27.6 Å². The first-order valence-corrected chi connectivity index (χ1v) is 8.26. The number of nitrogens with zero attached hydrogens (tertiary/aromatic N) is 1. The number of aromatic nitrogens is 1. The van der Waals surface area contributed by atoms with E-state index in [0.29, 0.717) is 13.1 Å². The highest BCUT2D eigenvalue weighted by Gasteiger charge is 2.15. The van der Waals surface area contributed by atoms with Crippen molar-refractivity contribution < 1.29 is 9.53 Å². The molecular formula is C16H23N3O2S. The summed E-state index contributed by atoms with van der Waals surface area (Å²) in [5.74, 6) is 0. The fraction of sp³-hybridized carbons (Fsp3) is 0.500. The molecule has 2 aromatic rings. The van der Waals surface area contributed by atoms with E-state index < -0.39 is 5.60 Å². The fourth-order valence-electron chi connectivity index (χ4n) is 1.98. The summed E-state index contributed by atoms with van der Waals surface area (Å²) in [4.78, 5) is 16.0. The highest BCUT2D eigenvalue weighted by Crippen LogP contribution is 2.22. The largest absolute Gasteiger partial charge is 0.444 e. The highest BCUT2D eigenvalue weighted by atomic mass is 32.1. The number of carbonyl (C=O) groups excluding carboxylic acids is 1. The maximum Gasteiger partial charge on any atom is 0.407 e.